The number of carbonyl (C=O) groups is 2. The molecule has 9 heteroatoms. The summed E-state index contributed by atoms with van der Waals surface area (Å²) in [6.45, 7) is 8.27. The zero-order valence-corrected chi connectivity index (χ0v) is 25.4. The van der Waals surface area contributed by atoms with Crippen LogP contribution in [0.25, 0.3) is 0 Å². The second-order valence-electron chi connectivity index (χ2n) is 14.7. The van der Waals surface area contributed by atoms with Gasteiger partial charge >= 0.3 is 11.9 Å². The number of hydrogen-bond donors (Lipinski definition) is 2. The maximum atomic E-state index is 12.7. The molecule has 9 nitrogen and oxygen atoms in total. The van der Waals surface area contributed by atoms with Gasteiger partial charge in [-0.3, -0.25) is 9.59 Å². The summed E-state index contributed by atoms with van der Waals surface area (Å²) in [5.41, 5.74) is -1.28. The third kappa shape index (κ3) is 4.77. The fourth-order valence-corrected chi connectivity index (χ4v) is 10.8. The lowest BCUT2D eigenvalue weighted by Crippen LogP contribution is -2.62. The van der Waals surface area contributed by atoms with Crippen molar-refractivity contribution in [1.82, 2.24) is 0 Å². The zero-order valence-electron chi connectivity index (χ0n) is 25.4. The quantitative estimate of drug-likeness (QED) is 0.371. The van der Waals surface area contributed by atoms with Crippen molar-refractivity contribution in [3.63, 3.8) is 0 Å². The summed E-state index contributed by atoms with van der Waals surface area (Å²) in [5.74, 6) is 0.367. The van der Waals surface area contributed by atoms with Gasteiger partial charge in [-0.05, 0) is 75.0 Å². The molecule has 14 unspecified atom stereocenters. The molecule has 232 valence electrons. The molecule has 2 heterocycles. The molecule has 0 amide bonds. The van der Waals surface area contributed by atoms with Crippen LogP contribution in [0.5, 0.6) is 0 Å². The molecule has 0 aromatic rings. The second-order valence-corrected chi connectivity index (χ2v) is 14.7. The Hall–Kier alpha value is -1.26. The first-order valence-corrected chi connectivity index (χ1v) is 16.0. The van der Waals surface area contributed by atoms with Gasteiger partial charge in [0.15, 0.2) is 6.29 Å². The van der Waals surface area contributed by atoms with Gasteiger partial charge in [0, 0.05) is 44.1 Å². The summed E-state index contributed by atoms with van der Waals surface area (Å²) >= 11 is 0. The monoisotopic (exact) mass is 578 g/mol. The largest absolute Gasteiger partial charge is 0.465 e. The highest BCUT2D eigenvalue weighted by Gasteiger charge is 2.71. The number of rotatable bonds is 5. The van der Waals surface area contributed by atoms with Crippen LogP contribution in [-0.2, 0) is 33.3 Å². The number of aliphatic hydroxyl groups is 2. The molecule has 2 aliphatic heterocycles. The Bertz CT molecular complexity index is 1020. The third-order valence-corrected chi connectivity index (χ3v) is 12.9. The van der Waals surface area contributed by atoms with E-state index in [4.69, 9.17) is 23.7 Å². The molecule has 6 rings (SSSR count). The van der Waals surface area contributed by atoms with Crippen LogP contribution in [0, 0.1) is 40.4 Å². The van der Waals surface area contributed by atoms with Crippen LogP contribution in [0.15, 0.2) is 0 Å². The summed E-state index contributed by atoms with van der Waals surface area (Å²) in [6.07, 6.45) is 6.18. The highest BCUT2D eigenvalue weighted by Crippen LogP contribution is 2.70. The topological polar surface area (TPSA) is 121 Å². The van der Waals surface area contributed by atoms with Gasteiger partial charge in [0.1, 0.15) is 12.2 Å². The molecular formula is C32H50O9. The van der Waals surface area contributed by atoms with Crippen LogP contribution < -0.4 is 0 Å². The first-order valence-electron chi connectivity index (χ1n) is 16.0. The number of hydrogen-bond acceptors (Lipinski definition) is 9. The Morgan fingerprint density at radius 3 is 2.51 bits per heavy atom. The Morgan fingerprint density at radius 1 is 1.05 bits per heavy atom. The number of ether oxygens (including phenoxy) is 5. The first kappa shape index (κ1) is 29.8. The Morgan fingerprint density at radius 2 is 1.83 bits per heavy atom. The van der Waals surface area contributed by atoms with Crippen LogP contribution in [0.4, 0.5) is 0 Å². The van der Waals surface area contributed by atoms with Crippen LogP contribution in [0.1, 0.15) is 91.9 Å². The number of fused-ring (bicyclic) bond motifs is 5. The van der Waals surface area contributed by atoms with Crippen molar-refractivity contribution >= 4 is 11.9 Å². The summed E-state index contributed by atoms with van der Waals surface area (Å²) < 4.78 is 29.3. The average molecular weight is 579 g/mol. The van der Waals surface area contributed by atoms with Crippen molar-refractivity contribution < 1.29 is 43.5 Å². The minimum atomic E-state index is -0.949. The van der Waals surface area contributed by atoms with E-state index in [1.165, 1.54) is 6.92 Å². The molecular weight excluding hydrogens is 528 g/mol. The summed E-state index contributed by atoms with van der Waals surface area (Å²) in [4.78, 5) is 24.3. The van der Waals surface area contributed by atoms with Gasteiger partial charge in [-0.1, -0.05) is 13.8 Å². The van der Waals surface area contributed by atoms with E-state index in [1.54, 1.807) is 7.11 Å². The molecule has 4 saturated carbocycles. The number of carbonyl (C=O) groups excluding carboxylic acids is 2. The Kier molecular flexibility index (Phi) is 7.79. The van der Waals surface area contributed by atoms with Crippen molar-refractivity contribution in [2.45, 2.75) is 134 Å². The van der Waals surface area contributed by atoms with E-state index in [9.17, 15) is 19.8 Å². The molecule has 0 aromatic carbocycles. The van der Waals surface area contributed by atoms with Crippen molar-refractivity contribution in [2.75, 3.05) is 13.7 Å². The minimum absolute atomic E-state index is 0.0366. The van der Waals surface area contributed by atoms with Gasteiger partial charge in [-0.15, -0.1) is 0 Å². The standard InChI is InChI=1S/C32H50O9/c1-17-29(35)24(37-5)14-27(39-17)41-21-8-10-30(3)20(13-21)6-7-23-22(30)9-11-31(4)28(19-12-26(34)38-16-19)25(40-18(2)33)15-32(23,31)36/h17,19-25,27-29,35-36H,6-16H2,1-5H3. The minimum Gasteiger partial charge on any atom is -0.465 e. The lowest BCUT2D eigenvalue weighted by Gasteiger charge is -2.63. The fourth-order valence-electron chi connectivity index (χ4n) is 10.8. The highest BCUT2D eigenvalue weighted by molar-refractivity contribution is 5.71. The average Bonchev–Trinajstić information content (AvgIpc) is 3.42. The third-order valence-electron chi connectivity index (χ3n) is 12.9. The van der Waals surface area contributed by atoms with Gasteiger partial charge in [0.25, 0.3) is 0 Å². The van der Waals surface area contributed by atoms with E-state index in [2.05, 4.69) is 13.8 Å². The van der Waals surface area contributed by atoms with Crippen LogP contribution in [0.2, 0.25) is 0 Å². The van der Waals surface area contributed by atoms with Crippen LogP contribution in [0.3, 0.4) is 0 Å². The molecule has 6 fully saturated rings. The zero-order chi connectivity index (χ0) is 29.3. The number of esters is 2. The number of cyclic esters (lactones) is 1. The molecule has 0 spiro atoms. The SMILES string of the molecule is COC1CC(OC2CCC3(C)C(CCC4C3CCC3(C)C(C5COC(=O)C5)C(OC(C)=O)CC43O)C2)OC(C)C1O. The fraction of sp³-hybridized carbons (Fsp3) is 0.938. The second kappa shape index (κ2) is 10.7. The van der Waals surface area contributed by atoms with E-state index in [0.717, 1.165) is 44.9 Å². The van der Waals surface area contributed by atoms with E-state index >= 15 is 0 Å². The molecule has 2 N–H and O–H groups in total. The predicted molar refractivity (Wildman–Crippen MR) is 147 cm³/mol. The Labute approximate surface area is 243 Å². The van der Waals surface area contributed by atoms with Gasteiger partial charge in [0.05, 0.1) is 36.9 Å². The van der Waals surface area contributed by atoms with Gasteiger partial charge in [-0.25, -0.2) is 0 Å². The van der Waals surface area contributed by atoms with Crippen molar-refractivity contribution in [1.29, 1.82) is 0 Å². The van der Waals surface area contributed by atoms with Crippen molar-refractivity contribution in [2.24, 2.45) is 40.4 Å². The van der Waals surface area contributed by atoms with E-state index in [0.29, 0.717) is 37.7 Å². The maximum Gasteiger partial charge on any atom is 0.306 e. The number of aliphatic hydroxyl groups excluding tert-OH is 1. The van der Waals surface area contributed by atoms with E-state index in [1.807, 2.05) is 6.92 Å². The maximum absolute atomic E-state index is 12.7. The summed E-state index contributed by atoms with van der Waals surface area (Å²) in [5, 5.41) is 23.1. The smallest absolute Gasteiger partial charge is 0.306 e. The molecule has 14 atom stereocenters. The van der Waals surface area contributed by atoms with E-state index in [-0.39, 0.29) is 59.7 Å². The van der Waals surface area contributed by atoms with Crippen molar-refractivity contribution in [3.8, 4) is 0 Å². The molecule has 4 aliphatic carbocycles. The highest BCUT2D eigenvalue weighted by atomic mass is 16.7. The van der Waals surface area contributed by atoms with E-state index < -0.39 is 23.2 Å². The lowest BCUT2D eigenvalue weighted by atomic mass is 9.43. The molecule has 0 radical (unpaired) electrons. The molecule has 41 heavy (non-hydrogen) atoms. The normalized spacial score (nSPS) is 53.1. The molecule has 2 saturated heterocycles. The summed E-state index contributed by atoms with van der Waals surface area (Å²) in [7, 11) is 1.62. The van der Waals surface area contributed by atoms with Gasteiger partial charge < -0.3 is 33.9 Å². The van der Waals surface area contributed by atoms with Crippen LogP contribution >= 0.6 is 0 Å². The van der Waals surface area contributed by atoms with Gasteiger partial charge in [-0.2, -0.15) is 0 Å². The van der Waals surface area contributed by atoms with Crippen LogP contribution in [-0.4, -0.2) is 78.3 Å². The number of methoxy groups -OCH3 is 1. The summed E-state index contributed by atoms with van der Waals surface area (Å²) in [6, 6.07) is 0. The first-order chi connectivity index (χ1) is 19.4. The van der Waals surface area contributed by atoms with Crippen molar-refractivity contribution in [3.05, 3.63) is 0 Å². The predicted octanol–water partition coefficient (Wildman–Crippen LogP) is 3.76. The van der Waals surface area contributed by atoms with Gasteiger partial charge in [0.2, 0.25) is 0 Å². The lowest BCUT2D eigenvalue weighted by molar-refractivity contribution is -0.273. The Balaban J connectivity index is 1.18. The molecule has 0 bridgehead atoms. The molecule has 0 aromatic heterocycles. The molecule has 6 aliphatic rings.